The molecule has 1 amide bonds. The predicted octanol–water partition coefficient (Wildman–Crippen LogP) is 1.18. The minimum Gasteiger partial charge on any atom is -0.344 e. The van der Waals surface area contributed by atoms with Crippen molar-refractivity contribution in [2.45, 2.75) is 12.1 Å². The Morgan fingerprint density at radius 2 is 1.40 bits per heavy atom. The number of carbonyl (C=O) groups excluding carboxylic acids is 1. The van der Waals surface area contributed by atoms with Crippen LogP contribution in [0, 0.1) is 0 Å². The summed E-state index contributed by atoms with van der Waals surface area (Å²) in [4.78, 5) is 12.0. The maximum Gasteiger partial charge on any atom is 0.238 e. The summed E-state index contributed by atoms with van der Waals surface area (Å²) in [6, 6.07) is 18.7. The lowest BCUT2D eigenvalue weighted by atomic mass is 9.98. The Morgan fingerprint density at radius 1 is 0.950 bits per heavy atom. The van der Waals surface area contributed by atoms with E-state index in [9.17, 15) is 4.79 Å². The number of carbonyl (C=O) groups is 1. The number of benzene rings is 2. The molecule has 0 aromatic heterocycles. The van der Waals surface area contributed by atoms with E-state index in [1.165, 1.54) is 0 Å². The standard InChI is InChI=1S/C16H19N3O/c17-11-14(18)16(20)19-15(12-7-3-1-4-8-12)13-9-5-2-6-10-13/h1-10,14-15H,11,17-18H2,(H,19,20). The minimum absolute atomic E-state index is 0.127. The van der Waals surface area contributed by atoms with Crippen molar-refractivity contribution in [1.82, 2.24) is 5.32 Å². The molecule has 2 rings (SSSR count). The Kier molecular flexibility index (Phi) is 4.87. The van der Waals surface area contributed by atoms with Gasteiger partial charge in [-0.3, -0.25) is 4.79 Å². The summed E-state index contributed by atoms with van der Waals surface area (Å²) in [5.41, 5.74) is 13.1. The van der Waals surface area contributed by atoms with Crippen molar-refractivity contribution < 1.29 is 4.79 Å². The van der Waals surface area contributed by atoms with Gasteiger partial charge in [-0.2, -0.15) is 0 Å². The molecular weight excluding hydrogens is 250 g/mol. The molecule has 0 heterocycles. The van der Waals surface area contributed by atoms with E-state index in [0.717, 1.165) is 11.1 Å². The summed E-state index contributed by atoms with van der Waals surface area (Å²) < 4.78 is 0. The highest BCUT2D eigenvalue weighted by Gasteiger charge is 2.19. The normalized spacial score (nSPS) is 12.2. The maximum absolute atomic E-state index is 12.0. The summed E-state index contributed by atoms with van der Waals surface area (Å²) in [7, 11) is 0. The Labute approximate surface area is 118 Å². The van der Waals surface area contributed by atoms with Crippen LogP contribution in [0.3, 0.4) is 0 Å². The molecule has 0 spiro atoms. The number of hydrogen-bond donors (Lipinski definition) is 3. The largest absolute Gasteiger partial charge is 0.344 e. The molecule has 20 heavy (non-hydrogen) atoms. The molecule has 4 heteroatoms. The molecule has 2 aromatic rings. The van der Waals surface area contributed by atoms with Crippen LogP contribution in [0.15, 0.2) is 60.7 Å². The minimum atomic E-state index is -0.690. The van der Waals surface area contributed by atoms with Crippen molar-refractivity contribution in [2.24, 2.45) is 11.5 Å². The topological polar surface area (TPSA) is 81.1 Å². The van der Waals surface area contributed by atoms with Gasteiger partial charge in [-0.25, -0.2) is 0 Å². The van der Waals surface area contributed by atoms with E-state index < -0.39 is 6.04 Å². The average Bonchev–Trinajstić information content (AvgIpc) is 2.53. The van der Waals surface area contributed by atoms with Gasteiger partial charge in [-0.15, -0.1) is 0 Å². The summed E-state index contributed by atoms with van der Waals surface area (Å²) >= 11 is 0. The second-order valence-corrected chi connectivity index (χ2v) is 4.61. The van der Waals surface area contributed by atoms with Gasteiger partial charge >= 0.3 is 0 Å². The molecule has 2 aromatic carbocycles. The lowest BCUT2D eigenvalue weighted by Crippen LogP contribution is -2.46. The molecule has 104 valence electrons. The van der Waals surface area contributed by atoms with Gasteiger partial charge in [0.1, 0.15) is 0 Å². The lowest BCUT2D eigenvalue weighted by Gasteiger charge is -2.21. The van der Waals surface area contributed by atoms with Crippen LogP contribution in [0.2, 0.25) is 0 Å². The van der Waals surface area contributed by atoms with Crippen molar-refractivity contribution in [3.63, 3.8) is 0 Å². The first-order chi connectivity index (χ1) is 9.72. The molecule has 0 aliphatic heterocycles. The number of nitrogens with two attached hydrogens (primary N) is 2. The monoisotopic (exact) mass is 269 g/mol. The molecule has 5 N–H and O–H groups in total. The van der Waals surface area contributed by atoms with Crippen LogP contribution in [-0.2, 0) is 4.79 Å². The number of amides is 1. The van der Waals surface area contributed by atoms with Crippen molar-refractivity contribution in [2.75, 3.05) is 6.54 Å². The number of hydrogen-bond acceptors (Lipinski definition) is 3. The van der Waals surface area contributed by atoms with E-state index in [-0.39, 0.29) is 18.5 Å². The van der Waals surface area contributed by atoms with Crippen LogP contribution in [0.4, 0.5) is 0 Å². The molecule has 1 unspecified atom stereocenters. The van der Waals surface area contributed by atoms with Crippen molar-refractivity contribution in [1.29, 1.82) is 0 Å². The zero-order valence-corrected chi connectivity index (χ0v) is 11.2. The number of nitrogens with one attached hydrogen (secondary N) is 1. The highest BCUT2D eigenvalue weighted by Crippen LogP contribution is 2.21. The zero-order chi connectivity index (χ0) is 14.4. The molecule has 4 nitrogen and oxygen atoms in total. The van der Waals surface area contributed by atoms with E-state index in [4.69, 9.17) is 11.5 Å². The Hall–Kier alpha value is -2.17. The van der Waals surface area contributed by atoms with Crippen molar-refractivity contribution in [3.8, 4) is 0 Å². The first-order valence-electron chi connectivity index (χ1n) is 6.58. The van der Waals surface area contributed by atoms with Gasteiger partial charge in [0.05, 0.1) is 12.1 Å². The fraction of sp³-hybridized carbons (Fsp3) is 0.188. The maximum atomic E-state index is 12.0. The van der Waals surface area contributed by atoms with E-state index in [2.05, 4.69) is 5.32 Å². The van der Waals surface area contributed by atoms with E-state index >= 15 is 0 Å². The zero-order valence-electron chi connectivity index (χ0n) is 11.2. The van der Waals surface area contributed by atoms with Gasteiger partial charge in [-0.05, 0) is 11.1 Å². The molecule has 1 atom stereocenters. The van der Waals surface area contributed by atoms with E-state index in [1.807, 2.05) is 60.7 Å². The third kappa shape index (κ3) is 3.44. The summed E-state index contributed by atoms with van der Waals surface area (Å²) in [6.45, 7) is 0.127. The van der Waals surface area contributed by atoms with Crippen LogP contribution in [-0.4, -0.2) is 18.5 Å². The van der Waals surface area contributed by atoms with Gasteiger partial charge in [-0.1, -0.05) is 60.7 Å². The van der Waals surface area contributed by atoms with Gasteiger partial charge in [0, 0.05) is 6.54 Å². The first kappa shape index (κ1) is 14.2. The summed E-state index contributed by atoms with van der Waals surface area (Å²) in [5.74, 6) is -0.245. The van der Waals surface area contributed by atoms with Crippen LogP contribution in [0.25, 0.3) is 0 Å². The molecule has 0 saturated carbocycles. The van der Waals surface area contributed by atoms with Crippen LogP contribution in [0.5, 0.6) is 0 Å². The second-order valence-electron chi connectivity index (χ2n) is 4.61. The molecule has 0 radical (unpaired) electrons. The Bertz CT molecular complexity index is 503. The molecular formula is C16H19N3O. The lowest BCUT2D eigenvalue weighted by molar-refractivity contribution is -0.122. The van der Waals surface area contributed by atoms with Crippen LogP contribution in [0.1, 0.15) is 17.2 Å². The van der Waals surface area contributed by atoms with E-state index in [1.54, 1.807) is 0 Å². The Morgan fingerprint density at radius 3 is 1.80 bits per heavy atom. The quantitative estimate of drug-likeness (QED) is 0.762. The average molecular weight is 269 g/mol. The Balaban J connectivity index is 2.28. The van der Waals surface area contributed by atoms with Crippen LogP contribution >= 0.6 is 0 Å². The van der Waals surface area contributed by atoms with Crippen molar-refractivity contribution >= 4 is 5.91 Å². The molecule has 0 aliphatic rings. The molecule has 0 bridgehead atoms. The van der Waals surface area contributed by atoms with Crippen molar-refractivity contribution in [3.05, 3.63) is 71.8 Å². The van der Waals surface area contributed by atoms with E-state index in [0.29, 0.717) is 0 Å². The summed E-state index contributed by atoms with van der Waals surface area (Å²) in [5, 5.41) is 2.96. The predicted molar refractivity (Wildman–Crippen MR) is 79.9 cm³/mol. The molecule has 0 fully saturated rings. The van der Waals surface area contributed by atoms with Gasteiger partial charge in [0.2, 0.25) is 5.91 Å². The molecule has 0 aliphatic carbocycles. The third-order valence-corrected chi connectivity index (χ3v) is 3.14. The summed E-state index contributed by atoms with van der Waals surface area (Å²) in [6.07, 6.45) is 0. The van der Waals surface area contributed by atoms with Gasteiger partial charge in [0.25, 0.3) is 0 Å². The number of rotatable bonds is 5. The van der Waals surface area contributed by atoms with Gasteiger partial charge < -0.3 is 16.8 Å². The fourth-order valence-corrected chi connectivity index (χ4v) is 2.01. The first-order valence-corrected chi connectivity index (χ1v) is 6.58. The van der Waals surface area contributed by atoms with Crippen LogP contribution < -0.4 is 16.8 Å². The highest BCUT2D eigenvalue weighted by molar-refractivity contribution is 5.82. The molecule has 0 saturated heterocycles. The second kappa shape index (κ2) is 6.84. The smallest absolute Gasteiger partial charge is 0.238 e. The van der Waals surface area contributed by atoms with Gasteiger partial charge in [0.15, 0.2) is 0 Å². The highest BCUT2D eigenvalue weighted by atomic mass is 16.2. The SMILES string of the molecule is NCC(N)C(=O)NC(c1ccccc1)c1ccccc1. The third-order valence-electron chi connectivity index (χ3n) is 3.14. The fourth-order valence-electron chi connectivity index (χ4n) is 2.01.